The molecular formula is C26H21ClFN5O3S. The van der Waals surface area contributed by atoms with E-state index in [1.165, 1.54) is 18.0 Å². The van der Waals surface area contributed by atoms with Gasteiger partial charge in [-0.3, -0.25) is 4.79 Å². The number of anilines is 1. The average molecular weight is 538 g/mol. The first-order valence-corrected chi connectivity index (χ1v) is 13.0. The Kier molecular flexibility index (Phi) is 6.10. The van der Waals surface area contributed by atoms with Crippen LogP contribution in [0.3, 0.4) is 0 Å². The smallest absolute Gasteiger partial charge is 0.274 e. The molecule has 11 heteroatoms. The summed E-state index contributed by atoms with van der Waals surface area (Å²) < 4.78 is 26.9. The number of pyridine rings is 2. The molecule has 188 valence electrons. The van der Waals surface area contributed by atoms with Crippen LogP contribution in [0.5, 0.6) is 11.5 Å². The monoisotopic (exact) mass is 537 g/mol. The predicted molar refractivity (Wildman–Crippen MR) is 141 cm³/mol. The molecular weight excluding hydrogens is 517 g/mol. The molecule has 8 nitrogen and oxygen atoms in total. The lowest BCUT2D eigenvalue weighted by atomic mass is 9.78. The van der Waals surface area contributed by atoms with E-state index in [0.717, 1.165) is 5.57 Å². The lowest BCUT2D eigenvalue weighted by Crippen LogP contribution is -2.36. The zero-order valence-corrected chi connectivity index (χ0v) is 21.0. The summed E-state index contributed by atoms with van der Waals surface area (Å²) >= 11 is 7.34. The zero-order chi connectivity index (χ0) is 25.6. The first-order valence-electron chi connectivity index (χ1n) is 11.6. The minimum atomic E-state index is -0.998. The van der Waals surface area contributed by atoms with Gasteiger partial charge >= 0.3 is 0 Å². The molecule has 3 aromatic rings. The van der Waals surface area contributed by atoms with Crippen molar-refractivity contribution in [2.45, 2.75) is 18.4 Å². The molecule has 2 aromatic heterocycles. The summed E-state index contributed by atoms with van der Waals surface area (Å²) in [5.41, 5.74) is 8.64. The van der Waals surface area contributed by atoms with Crippen molar-refractivity contribution in [3.05, 3.63) is 82.2 Å². The maximum atomic E-state index is 15.4. The minimum absolute atomic E-state index is 0.0366. The fourth-order valence-electron chi connectivity index (χ4n) is 4.78. The zero-order valence-electron chi connectivity index (χ0n) is 19.5. The molecule has 1 atom stereocenters. The van der Waals surface area contributed by atoms with E-state index >= 15 is 4.39 Å². The molecule has 37 heavy (non-hydrogen) atoms. The number of aromatic nitrogens is 2. The Bertz CT molecular complexity index is 1480. The van der Waals surface area contributed by atoms with E-state index in [2.05, 4.69) is 15.3 Å². The fourth-order valence-corrected chi connectivity index (χ4v) is 5.72. The van der Waals surface area contributed by atoms with Crippen LogP contribution in [0, 0.1) is 5.95 Å². The Hall–Kier alpha value is -3.47. The largest absolute Gasteiger partial charge is 0.452 e. The molecule has 3 N–H and O–H groups in total. The van der Waals surface area contributed by atoms with E-state index in [1.54, 1.807) is 30.3 Å². The van der Waals surface area contributed by atoms with Crippen LogP contribution in [0.4, 0.5) is 10.1 Å². The van der Waals surface area contributed by atoms with Crippen LogP contribution >= 0.6 is 23.4 Å². The standard InChI is InChI=1S/C26H21ClFN5O3S/c27-15-1-3-19(30-13-15)24(34)31-16-2-4-21-17(11-16)26(7-10-37-25(29)33-26)18-12-20(14-5-8-35-9-6-14)32-23(28)22(18)36-21/h1-5,11-13H,6-10H2,(H2,29,33)(H,31,34)/t26-/m0/s1. The Labute approximate surface area is 221 Å². The predicted octanol–water partition coefficient (Wildman–Crippen LogP) is 5.13. The number of fused-ring (bicyclic) bond motifs is 4. The van der Waals surface area contributed by atoms with E-state index in [9.17, 15) is 4.79 Å². The summed E-state index contributed by atoms with van der Waals surface area (Å²) in [4.78, 5) is 26.0. The van der Waals surface area contributed by atoms with Gasteiger partial charge in [0, 0.05) is 28.8 Å². The van der Waals surface area contributed by atoms with Crippen LogP contribution < -0.4 is 15.8 Å². The van der Waals surface area contributed by atoms with Crippen molar-refractivity contribution in [3.8, 4) is 11.5 Å². The van der Waals surface area contributed by atoms with E-state index in [-0.39, 0.29) is 11.4 Å². The Morgan fingerprint density at radius 2 is 2.11 bits per heavy atom. The quantitative estimate of drug-likeness (QED) is 0.446. The Balaban J connectivity index is 1.46. The van der Waals surface area contributed by atoms with Crippen molar-refractivity contribution in [1.82, 2.24) is 9.97 Å². The van der Waals surface area contributed by atoms with Crippen molar-refractivity contribution < 1.29 is 18.7 Å². The molecule has 0 fully saturated rings. The number of thioether (sulfide) groups is 1. The molecule has 0 saturated heterocycles. The average Bonchev–Trinajstić information content (AvgIpc) is 2.90. The molecule has 0 saturated carbocycles. The SMILES string of the molecule is NC1=N[C@@]2(CCS1)c1cc(NC(=O)c3ccc(Cl)cn3)ccc1Oc1c2cc(C2=CCOCC2)nc1F. The Morgan fingerprint density at radius 1 is 1.22 bits per heavy atom. The maximum absolute atomic E-state index is 15.4. The number of hydrogen-bond donors (Lipinski definition) is 2. The molecule has 1 aromatic carbocycles. The van der Waals surface area contributed by atoms with E-state index in [4.69, 9.17) is 31.8 Å². The van der Waals surface area contributed by atoms with Gasteiger partial charge in [0.25, 0.3) is 11.9 Å². The summed E-state index contributed by atoms with van der Waals surface area (Å²) in [6, 6.07) is 10.2. The summed E-state index contributed by atoms with van der Waals surface area (Å²) in [5, 5.41) is 3.70. The number of nitrogens with zero attached hydrogens (tertiary/aromatic N) is 3. The van der Waals surface area contributed by atoms with Gasteiger partial charge < -0.3 is 20.5 Å². The molecule has 0 aliphatic carbocycles. The number of nitrogens with two attached hydrogens (primary N) is 1. The molecule has 6 rings (SSSR count). The van der Waals surface area contributed by atoms with Gasteiger partial charge in [-0.1, -0.05) is 29.4 Å². The number of nitrogens with one attached hydrogen (secondary N) is 1. The summed E-state index contributed by atoms with van der Waals surface area (Å²) in [7, 11) is 0. The van der Waals surface area contributed by atoms with Gasteiger partial charge in [0.1, 0.15) is 17.0 Å². The number of benzene rings is 1. The van der Waals surface area contributed by atoms with E-state index in [0.29, 0.717) is 70.3 Å². The van der Waals surface area contributed by atoms with Gasteiger partial charge in [-0.05, 0) is 54.8 Å². The van der Waals surface area contributed by atoms with Gasteiger partial charge in [0.2, 0.25) is 0 Å². The highest BCUT2D eigenvalue weighted by Crippen LogP contribution is 2.54. The summed E-state index contributed by atoms with van der Waals surface area (Å²) in [6.45, 7) is 0.997. The number of carbonyl (C=O) groups excluding carboxylic acids is 1. The molecule has 1 spiro atoms. The van der Waals surface area contributed by atoms with Gasteiger partial charge in [-0.25, -0.2) is 15.0 Å². The number of halogens is 2. The number of amides is 1. The minimum Gasteiger partial charge on any atom is -0.452 e. The van der Waals surface area contributed by atoms with E-state index < -0.39 is 17.4 Å². The van der Waals surface area contributed by atoms with Crippen molar-refractivity contribution in [3.63, 3.8) is 0 Å². The summed E-state index contributed by atoms with van der Waals surface area (Å²) in [6.07, 6.45) is 4.51. The van der Waals surface area contributed by atoms with Crippen molar-refractivity contribution in [1.29, 1.82) is 0 Å². The highest BCUT2D eigenvalue weighted by molar-refractivity contribution is 8.13. The first kappa shape index (κ1) is 23.9. The van der Waals surface area contributed by atoms with Crippen LogP contribution in [0.25, 0.3) is 5.57 Å². The first-order chi connectivity index (χ1) is 17.9. The summed E-state index contributed by atoms with van der Waals surface area (Å²) in [5.74, 6) is 0.0406. The number of rotatable bonds is 3. The third-order valence-electron chi connectivity index (χ3n) is 6.54. The second kappa shape index (κ2) is 9.44. The lowest BCUT2D eigenvalue weighted by Gasteiger charge is -2.39. The van der Waals surface area contributed by atoms with Crippen LogP contribution in [0.15, 0.2) is 53.7 Å². The van der Waals surface area contributed by atoms with Gasteiger partial charge in [0.15, 0.2) is 10.9 Å². The lowest BCUT2D eigenvalue weighted by molar-refractivity contribution is 0.102. The molecule has 0 unspecified atom stereocenters. The second-order valence-electron chi connectivity index (χ2n) is 8.77. The number of ether oxygens (including phenoxy) is 2. The maximum Gasteiger partial charge on any atom is 0.274 e. The van der Waals surface area contributed by atoms with Crippen molar-refractivity contribution >= 4 is 45.7 Å². The van der Waals surface area contributed by atoms with Crippen LogP contribution in [0.1, 0.15) is 40.2 Å². The van der Waals surface area contributed by atoms with Gasteiger partial charge in [0.05, 0.1) is 23.9 Å². The third-order valence-corrected chi connectivity index (χ3v) is 7.56. The number of amidine groups is 1. The van der Waals surface area contributed by atoms with Crippen LogP contribution in [-0.4, -0.2) is 40.0 Å². The van der Waals surface area contributed by atoms with Crippen molar-refractivity contribution in [2.24, 2.45) is 10.7 Å². The van der Waals surface area contributed by atoms with Crippen LogP contribution in [0.2, 0.25) is 5.02 Å². The molecule has 5 heterocycles. The molecule has 0 radical (unpaired) electrons. The normalized spacial score (nSPS) is 20.3. The third kappa shape index (κ3) is 4.35. The van der Waals surface area contributed by atoms with Gasteiger partial charge in [-0.15, -0.1) is 0 Å². The van der Waals surface area contributed by atoms with Crippen molar-refractivity contribution in [2.75, 3.05) is 24.3 Å². The number of hydrogen-bond acceptors (Lipinski definition) is 8. The topological polar surface area (TPSA) is 112 Å². The highest BCUT2D eigenvalue weighted by Gasteiger charge is 2.46. The highest BCUT2D eigenvalue weighted by atomic mass is 35.5. The molecule has 3 aliphatic heterocycles. The molecule has 1 amide bonds. The van der Waals surface area contributed by atoms with Gasteiger partial charge in [-0.2, -0.15) is 4.39 Å². The fraction of sp³-hybridized carbons (Fsp3) is 0.231. The second-order valence-corrected chi connectivity index (χ2v) is 10.3. The Morgan fingerprint density at radius 3 is 2.86 bits per heavy atom. The molecule has 0 bridgehead atoms. The number of carbonyl (C=O) groups is 1. The number of aliphatic imine (C=N–C) groups is 1. The van der Waals surface area contributed by atoms with Crippen LogP contribution in [-0.2, 0) is 10.3 Å². The van der Waals surface area contributed by atoms with E-state index in [1.807, 2.05) is 12.1 Å². The molecule has 3 aliphatic rings.